The Morgan fingerprint density at radius 3 is 2.54 bits per heavy atom. The van der Waals surface area contributed by atoms with Gasteiger partial charge in [0.1, 0.15) is 34.2 Å². The van der Waals surface area contributed by atoms with Crippen LogP contribution < -0.4 is 19.7 Å². The van der Waals surface area contributed by atoms with E-state index in [-0.39, 0.29) is 0 Å². The second kappa shape index (κ2) is 10.5. The van der Waals surface area contributed by atoms with E-state index < -0.39 is 0 Å². The van der Waals surface area contributed by atoms with Gasteiger partial charge < -0.3 is 19.7 Å². The van der Waals surface area contributed by atoms with Crippen molar-refractivity contribution in [3.8, 4) is 34.0 Å². The van der Waals surface area contributed by atoms with Gasteiger partial charge in [-0.25, -0.2) is 9.97 Å². The number of fused-ring (bicyclic) bond motifs is 2. The van der Waals surface area contributed by atoms with Gasteiger partial charge in [-0.05, 0) is 67.3 Å². The summed E-state index contributed by atoms with van der Waals surface area (Å²) < 4.78 is 13.3. The number of pyridine rings is 2. The fourth-order valence-electron chi connectivity index (χ4n) is 6.05. The van der Waals surface area contributed by atoms with Crippen LogP contribution in [0.3, 0.4) is 0 Å². The van der Waals surface area contributed by atoms with Crippen LogP contribution in [0.25, 0.3) is 33.5 Å². The minimum atomic E-state index is 0.520. The summed E-state index contributed by atoms with van der Waals surface area (Å²) in [4.78, 5) is 12.4. The number of anilines is 1. The number of methoxy groups -OCH3 is 2. The van der Waals surface area contributed by atoms with E-state index in [9.17, 15) is 0 Å². The van der Waals surface area contributed by atoms with Gasteiger partial charge in [0.15, 0.2) is 0 Å². The highest BCUT2D eigenvalue weighted by atomic mass is 16.5. The molecule has 5 aromatic rings. The average molecular weight is 547 g/mol. The Bertz CT molecular complexity index is 1710. The highest BCUT2D eigenvalue weighted by Crippen LogP contribution is 2.39. The summed E-state index contributed by atoms with van der Waals surface area (Å²) in [5, 5.41) is 8.44. The van der Waals surface area contributed by atoms with Crippen molar-refractivity contribution in [3.63, 3.8) is 0 Å². The number of aryl methyl sites for hydroxylation is 1. The maximum absolute atomic E-state index is 5.95. The summed E-state index contributed by atoms with van der Waals surface area (Å²) in [5.74, 6) is 2.57. The lowest BCUT2D eigenvalue weighted by Gasteiger charge is -2.39. The molecular formula is C33H34N6O2. The molecule has 208 valence electrons. The first-order valence-electron chi connectivity index (χ1n) is 14.2. The molecule has 0 unspecified atom stereocenters. The van der Waals surface area contributed by atoms with Gasteiger partial charge in [0, 0.05) is 42.5 Å². The third kappa shape index (κ3) is 4.58. The first kappa shape index (κ1) is 25.5. The molecule has 1 aliphatic heterocycles. The van der Waals surface area contributed by atoms with Crippen LogP contribution in [0.4, 0.5) is 5.82 Å². The molecule has 1 saturated heterocycles. The molecule has 2 aromatic carbocycles. The zero-order valence-corrected chi connectivity index (χ0v) is 23.7. The SMILES string of the molecule is CNC1CN(c2ccc(-c3nn(Cc4ccc(OC)cc4)c4cc(OC)c(-c5cccc6c5CCC6)nc34)cn2)C1. The Labute approximate surface area is 240 Å². The molecule has 4 heterocycles. The highest BCUT2D eigenvalue weighted by molar-refractivity contribution is 5.93. The molecule has 1 fully saturated rings. The number of nitrogens with one attached hydrogen (secondary N) is 1. The number of aromatic nitrogens is 4. The molecule has 8 heteroatoms. The van der Waals surface area contributed by atoms with Crippen LogP contribution in [0.15, 0.2) is 66.9 Å². The molecule has 0 amide bonds. The van der Waals surface area contributed by atoms with Crippen LogP contribution in [0, 0.1) is 0 Å². The maximum atomic E-state index is 5.95. The van der Waals surface area contributed by atoms with Gasteiger partial charge >= 0.3 is 0 Å². The number of nitrogens with zero attached hydrogens (tertiary/aromatic N) is 5. The van der Waals surface area contributed by atoms with E-state index in [1.807, 2.05) is 30.1 Å². The van der Waals surface area contributed by atoms with E-state index in [4.69, 9.17) is 24.5 Å². The maximum Gasteiger partial charge on any atom is 0.147 e. The van der Waals surface area contributed by atoms with Gasteiger partial charge in [0.2, 0.25) is 0 Å². The summed E-state index contributed by atoms with van der Waals surface area (Å²) in [7, 11) is 5.41. The van der Waals surface area contributed by atoms with Crippen molar-refractivity contribution < 1.29 is 9.47 Å². The second-order valence-corrected chi connectivity index (χ2v) is 10.9. The highest BCUT2D eigenvalue weighted by Gasteiger charge is 2.27. The topological polar surface area (TPSA) is 77.3 Å². The lowest BCUT2D eigenvalue weighted by molar-refractivity contribution is 0.414. The van der Waals surface area contributed by atoms with E-state index in [0.29, 0.717) is 12.6 Å². The third-order valence-corrected chi connectivity index (χ3v) is 8.44. The lowest BCUT2D eigenvalue weighted by atomic mass is 9.99. The first-order valence-corrected chi connectivity index (χ1v) is 14.2. The van der Waals surface area contributed by atoms with Crippen molar-refractivity contribution in [2.45, 2.75) is 31.8 Å². The Hall–Kier alpha value is -4.43. The summed E-state index contributed by atoms with van der Waals surface area (Å²) >= 11 is 0. The second-order valence-electron chi connectivity index (χ2n) is 10.9. The minimum Gasteiger partial charge on any atom is -0.497 e. The summed E-state index contributed by atoms with van der Waals surface area (Å²) in [6.07, 6.45) is 5.27. The first-order chi connectivity index (χ1) is 20.1. The van der Waals surface area contributed by atoms with Crippen molar-refractivity contribution in [1.82, 2.24) is 25.1 Å². The van der Waals surface area contributed by atoms with Gasteiger partial charge in [-0.1, -0.05) is 30.3 Å². The predicted molar refractivity (Wildman–Crippen MR) is 162 cm³/mol. The predicted octanol–water partition coefficient (Wildman–Crippen LogP) is 5.12. The van der Waals surface area contributed by atoms with Crippen molar-refractivity contribution in [2.75, 3.05) is 39.3 Å². The molecule has 8 nitrogen and oxygen atoms in total. The van der Waals surface area contributed by atoms with Gasteiger partial charge in [-0.15, -0.1) is 0 Å². The van der Waals surface area contributed by atoms with Gasteiger partial charge in [-0.2, -0.15) is 5.10 Å². The molecule has 2 aliphatic rings. The molecule has 0 radical (unpaired) electrons. The normalized spacial score (nSPS) is 14.8. The monoisotopic (exact) mass is 546 g/mol. The Morgan fingerprint density at radius 1 is 0.951 bits per heavy atom. The number of benzene rings is 2. The van der Waals surface area contributed by atoms with Crippen LogP contribution >= 0.6 is 0 Å². The zero-order chi connectivity index (χ0) is 27.9. The number of hydrogen-bond donors (Lipinski definition) is 1. The van der Waals surface area contributed by atoms with Crippen molar-refractivity contribution in [1.29, 1.82) is 0 Å². The molecular weight excluding hydrogens is 512 g/mol. The van der Waals surface area contributed by atoms with E-state index in [1.165, 1.54) is 17.5 Å². The molecule has 0 saturated carbocycles. The number of hydrogen-bond acceptors (Lipinski definition) is 7. The summed E-state index contributed by atoms with van der Waals surface area (Å²) in [5.41, 5.74) is 9.46. The number of rotatable bonds is 8. The zero-order valence-electron chi connectivity index (χ0n) is 23.7. The van der Waals surface area contributed by atoms with Crippen molar-refractivity contribution >= 4 is 16.9 Å². The van der Waals surface area contributed by atoms with Gasteiger partial charge in [-0.3, -0.25) is 4.68 Å². The molecule has 1 aliphatic carbocycles. The van der Waals surface area contributed by atoms with E-state index in [2.05, 4.69) is 58.7 Å². The molecule has 41 heavy (non-hydrogen) atoms. The Balaban J connectivity index is 1.35. The number of ether oxygens (including phenoxy) is 2. The van der Waals surface area contributed by atoms with E-state index in [1.54, 1.807) is 14.2 Å². The third-order valence-electron chi connectivity index (χ3n) is 8.44. The smallest absolute Gasteiger partial charge is 0.147 e. The quantitative estimate of drug-likeness (QED) is 0.289. The van der Waals surface area contributed by atoms with Gasteiger partial charge in [0.05, 0.1) is 26.3 Å². The van der Waals surface area contributed by atoms with Gasteiger partial charge in [0.25, 0.3) is 0 Å². The average Bonchev–Trinajstić information content (AvgIpc) is 3.61. The van der Waals surface area contributed by atoms with Crippen LogP contribution in [-0.2, 0) is 19.4 Å². The van der Waals surface area contributed by atoms with Crippen LogP contribution in [0.2, 0.25) is 0 Å². The summed E-state index contributed by atoms with van der Waals surface area (Å²) in [6.45, 7) is 2.53. The van der Waals surface area contributed by atoms with Crippen molar-refractivity contribution in [3.05, 3.63) is 83.6 Å². The Morgan fingerprint density at radius 2 is 1.80 bits per heavy atom. The Kier molecular flexibility index (Phi) is 6.55. The lowest BCUT2D eigenvalue weighted by Crippen LogP contribution is -2.57. The molecule has 0 spiro atoms. The van der Waals surface area contributed by atoms with Crippen molar-refractivity contribution in [2.24, 2.45) is 0 Å². The minimum absolute atomic E-state index is 0.520. The van der Waals surface area contributed by atoms with Crippen LogP contribution in [0.5, 0.6) is 11.5 Å². The van der Waals surface area contributed by atoms with E-state index in [0.717, 1.165) is 82.4 Å². The molecule has 7 rings (SSSR count). The molecule has 3 aromatic heterocycles. The largest absolute Gasteiger partial charge is 0.497 e. The van der Waals surface area contributed by atoms with Crippen LogP contribution in [-0.4, -0.2) is 60.1 Å². The number of likely N-dealkylation sites (N-methyl/N-ethyl adjacent to an activating group) is 1. The fraction of sp³-hybridized carbons (Fsp3) is 0.303. The molecule has 1 N–H and O–H groups in total. The van der Waals surface area contributed by atoms with Crippen LogP contribution in [0.1, 0.15) is 23.1 Å². The fourth-order valence-corrected chi connectivity index (χ4v) is 6.05. The summed E-state index contributed by atoms with van der Waals surface area (Å²) in [6, 6.07) is 21.4. The molecule has 0 atom stereocenters. The van der Waals surface area contributed by atoms with E-state index >= 15 is 0 Å². The standard InChI is InChI=1S/C33H34N6O2/c1-34-24-19-38(20-24)30-15-12-23(17-35-30)31-33-28(39(37-31)18-21-10-13-25(40-2)14-11-21)16-29(41-3)32(36-33)27-9-5-7-22-6-4-8-26(22)27/h5,7,9-17,24,34H,4,6,8,18-20H2,1-3H3. The molecule has 0 bridgehead atoms.